The van der Waals surface area contributed by atoms with Crippen molar-refractivity contribution in [2.45, 2.75) is 38.0 Å². The second-order valence-electron chi connectivity index (χ2n) is 8.90. The number of hydrogen-bond acceptors (Lipinski definition) is 6. The molecular formula is C26H31N5O2. The Bertz CT molecular complexity index is 1200. The van der Waals surface area contributed by atoms with E-state index in [2.05, 4.69) is 33.2 Å². The van der Waals surface area contributed by atoms with Crippen molar-refractivity contribution in [3.63, 3.8) is 0 Å². The molecule has 4 aromatic rings. The summed E-state index contributed by atoms with van der Waals surface area (Å²) in [5.74, 6) is 1.75. The molecule has 3 N–H and O–H groups in total. The molecule has 2 atom stereocenters. The minimum atomic E-state index is -0.568. The molecule has 2 aromatic heterocycles. The van der Waals surface area contributed by atoms with Crippen molar-refractivity contribution in [3.05, 3.63) is 66.1 Å². The van der Waals surface area contributed by atoms with Crippen LogP contribution in [0, 0.1) is 0 Å². The van der Waals surface area contributed by atoms with Crippen LogP contribution in [-0.2, 0) is 0 Å². The number of imidazole rings is 1. The SMILES string of the molecule is COc1ccc2nccc([C@@H](O)CN3CCC(NC(C)c4nc5ccccc5[nH]4)CC3)c2c1. The smallest absolute Gasteiger partial charge is 0.124 e. The van der Waals surface area contributed by atoms with Gasteiger partial charge >= 0.3 is 0 Å². The second-order valence-corrected chi connectivity index (χ2v) is 8.90. The van der Waals surface area contributed by atoms with E-state index in [0.29, 0.717) is 12.6 Å². The van der Waals surface area contributed by atoms with E-state index in [-0.39, 0.29) is 6.04 Å². The predicted molar refractivity (Wildman–Crippen MR) is 130 cm³/mol. The zero-order valence-corrected chi connectivity index (χ0v) is 19.2. The summed E-state index contributed by atoms with van der Waals surface area (Å²) in [5.41, 5.74) is 3.85. The number of hydrogen-bond donors (Lipinski definition) is 3. The fourth-order valence-electron chi connectivity index (χ4n) is 4.80. The molecule has 0 aliphatic carbocycles. The predicted octanol–water partition coefficient (Wildman–Crippen LogP) is 3.97. The molecule has 5 rings (SSSR count). The number of para-hydroxylation sites is 2. The van der Waals surface area contributed by atoms with Gasteiger partial charge in [-0.05, 0) is 74.8 Å². The van der Waals surface area contributed by atoms with Crippen molar-refractivity contribution in [3.8, 4) is 5.75 Å². The number of pyridine rings is 1. The monoisotopic (exact) mass is 445 g/mol. The maximum Gasteiger partial charge on any atom is 0.124 e. The molecule has 1 aliphatic rings. The molecule has 0 saturated carbocycles. The van der Waals surface area contributed by atoms with Crippen LogP contribution in [0.1, 0.15) is 43.3 Å². The van der Waals surface area contributed by atoms with E-state index in [0.717, 1.165) is 65.0 Å². The highest BCUT2D eigenvalue weighted by molar-refractivity contribution is 5.83. The molecular weight excluding hydrogens is 414 g/mol. The highest BCUT2D eigenvalue weighted by Gasteiger charge is 2.24. The first-order chi connectivity index (χ1) is 16.1. The number of β-amino-alcohol motifs (C(OH)–C–C–N with tert-alkyl or cyclic N) is 1. The van der Waals surface area contributed by atoms with E-state index in [9.17, 15) is 5.11 Å². The molecule has 0 bridgehead atoms. The number of nitrogens with zero attached hydrogens (tertiary/aromatic N) is 3. The molecule has 1 fully saturated rings. The van der Waals surface area contributed by atoms with Crippen LogP contribution in [0.2, 0.25) is 0 Å². The van der Waals surface area contributed by atoms with Gasteiger partial charge < -0.3 is 25.0 Å². The summed E-state index contributed by atoms with van der Waals surface area (Å²) < 4.78 is 5.37. The van der Waals surface area contributed by atoms with Gasteiger partial charge in [0.05, 0.1) is 35.8 Å². The van der Waals surface area contributed by atoms with Crippen LogP contribution < -0.4 is 10.1 Å². The van der Waals surface area contributed by atoms with Gasteiger partial charge in [0.25, 0.3) is 0 Å². The second kappa shape index (κ2) is 9.47. The molecule has 1 unspecified atom stereocenters. The van der Waals surface area contributed by atoms with E-state index in [4.69, 9.17) is 9.72 Å². The van der Waals surface area contributed by atoms with Gasteiger partial charge in [-0.15, -0.1) is 0 Å². The first-order valence-corrected chi connectivity index (χ1v) is 11.6. The first kappa shape index (κ1) is 21.8. The molecule has 0 spiro atoms. The Morgan fingerprint density at radius 2 is 1.97 bits per heavy atom. The largest absolute Gasteiger partial charge is 0.497 e. The van der Waals surface area contributed by atoms with Gasteiger partial charge in [-0.25, -0.2) is 4.98 Å². The summed E-state index contributed by atoms with van der Waals surface area (Å²) in [7, 11) is 1.65. The summed E-state index contributed by atoms with van der Waals surface area (Å²) in [4.78, 5) is 14.9. The average molecular weight is 446 g/mol. The number of piperidine rings is 1. The number of H-pyrrole nitrogens is 1. The third-order valence-corrected chi connectivity index (χ3v) is 6.66. The van der Waals surface area contributed by atoms with Crippen LogP contribution in [0.3, 0.4) is 0 Å². The van der Waals surface area contributed by atoms with Crippen molar-refractivity contribution in [1.82, 2.24) is 25.2 Å². The van der Waals surface area contributed by atoms with Crippen molar-refractivity contribution >= 4 is 21.9 Å². The van der Waals surface area contributed by atoms with Crippen LogP contribution in [-0.4, -0.2) is 57.7 Å². The Balaban J connectivity index is 1.18. The minimum absolute atomic E-state index is 0.165. The number of benzene rings is 2. The van der Waals surface area contributed by atoms with Gasteiger partial charge in [0.15, 0.2) is 0 Å². The van der Waals surface area contributed by atoms with Gasteiger partial charge in [-0.1, -0.05) is 12.1 Å². The summed E-state index contributed by atoms with van der Waals surface area (Å²) in [6.45, 7) is 4.68. The average Bonchev–Trinajstić information content (AvgIpc) is 3.29. The van der Waals surface area contributed by atoms with E-state index in [1.807, 2.05) is 42.5 Å². The van der Waals surface area contributed by atoms with Gasteiger partial charge in [0, 0.05) is 24.2 Å². The van der Waals surface area contributed by atoms with Gasteiger partial charge in [-0.3, -0.25) is 4.98 Å². The van der Waals surface area contributed by atoms with E-state index < -0.39 is 6.10 Å². The third-order valence-electron chi connectivity index (χ3n) is 6.66. The van der Waals surface area contributed by atoms with Gasteiger partial charge in [-0.2, -0.15) is 0 Å². The lowest BCUT2D eigenvalue weighted by Crippen LogP contribution is -2.44. The number of rotatable bonds is 7. The fraction of sp³-hybridized carbons (Fsp3) is 0.385. The lowest BCUT2D eigenvalue weighted by atomic mass is 10.0. The molecule has 7 nitrogen and oxygen atoms in total. The van der Waals surface area contributed by atoms with Crippen molar-refractivity contribution in [1.29, 1.82) is 0 Å². The number of likely N-dealkylation sites (tertiary alicyclic amines) is 1. The topological polar surface area (TPSA) is 86.3 Å². The van der Waals surface area contributed by atoms with E-state index in [1.54, 1.807) is 13.3 Å². The Labute approximate surface area is 193 Å². The normalized spacial score (nSPS) is 17.4. The number of ether oxygens (including phenoxy) is 1. The lowest BCUT2D eigenvalue weighted by molar-refractivity contribution is 0.0937. The summed E-state index contributed by atoms with van der Waals surface area (Å²) in [5, 5.41) is 15.7. The number of nitrogens with one attached hydrogen (secondary N) is 2. The standard InChI is InChI=1S/C26H31N5O2/c1-17(26-29-23-5-3-4-6-24(23)30-26)28-18-10-13-31(14-11-18)16-25(32)20-9-12-27-22-8-7-19(33-2)15-21(20)22/h3-9,12,15,17-18,25,28,32H,10-11,13-14,16H2,1-2H3,(H,29,30)/t17?,25-/m0/s1. The number of fused-ring (bicyclic) bond motifs is 2. The highest BCUT2D eigenvalue weighted by Crippen LogP contribution is 2.28. The van der Waals surface area contributed by atoms with E-state index in [1.165, 1.54) is 0 Å². The van der Waals surface area contributed by atoms with Crippen LogP contribution in [0.4, 0.5) is 0 Å². The van der Waals surface area contributed by atoms with Crippen molar-refractivity contribution in [2.75, 3.05) is 26.7 Å². The molecule has 0 radical (unpaired) electrons. The molecule has 33 heavy (non-hydrogen) atoms. The lowest BCUT2D eigenvalue weighted by Gasteiger charge is -2.34. The number of aliphatic hydroxyl groups excluding tert-OH is 1. The Kier molecular flexibility index (Phi) is 6.26. The maximum atomic E-state index is 11.0. The molecule has 1 aliphatic heterocycles. The Morgan fingerprint density at radius 3 is 2.76 bits per heavy atom. The quantitative estimate of drug-likeness (QED) is 0.399. The van der Waals surface area contributed by atoms with Crippen LogP contribution in [0.25, 0.3) is 21.9 Å². The van der Waals surface area contributed by atoms with Gasteiger partial charge in [0.2, 0.25) is 0 Å². The summed E-state index contributed by atoms with van der Waals surface area (Å²) >= 11 is 0. The van der Waals surface area contributed by atoms with Crippen LogP contribution in [0.15, 0.2) is 54.7 Å². The number of aliphatic hydroxyl groups is 1. The number of aromatic amines is 1. The van der Waals surface area contributed by atoms with Crippen LogP contribution in [0.5, 0.6) is 5.75 Å². The van der Waals surface area contributed by atoms with Gasteiger partial charge in [0.1, 0.15) is 11.6 Å². The minimum Gasteiger partial charge on any atom is -0.497 e. The van der Waals surface area contributed by atoms with Crippen LogP contribution >= 0.6 is 0 Å². The molecule has 0 amide bonds. The molecule has 1 saturated heterocycles. The Hall–Kier alpha value is -3.00. The molecule has 7 heteroatoms. The number of aromatic nitrogens is 3. The van der Waals surface area contributed by atoms with Crippen molar-refractivity contribution < 1.29 is 9.84 Å². The summed E-state index contributed by atoms with van der Waals surface area (Å²) in [6, 6.07) is 16.4. The summed E-state index contributed by atoms with van der Waals surface area (Å²) in [6.07, 6.45) is 3.29. The zero-order valence-electron chi connectivity index (χ0n) is 19.2. The molecule has 3 heterocycles. The fourth-order valence-corrected chi connectivity index (χ4v) is 4.80. The molecule has 2 aromatic carbocycles. The molecule has 172 valence electrons. The zero-order chi connectivity index (χ0) is 22.8. The van der Waals surface area contributed by atoms with E-state index >= 15 is 0 Å². The Morgan fingerprint density at radius 1 is 1.15 bits per heavy atom. The third kappa shape index (κ3) is 4.71. The number of methoxy groups -OCH3 is 1. The van der Waals surface area contributed by atoms with Crippen molar-refractivity contribution in [2.24, 2.45) is 0 Å². The first-order valence-electron chi connectivity index (χ1n) is 11.6. The maximum absolute atomic E-state index is 11.0. The highest BCUT2D eigenvalue weighted by atomic mass is 16.5.